The van der Waals surface area contributed by atoms with Crippen LogP contribution in [0.1, 0.15) is 40.0 Å². The Balaban J connectivity index is 2.25. The molecule has 4 nitrogen and oxygen atoms in total. The fraction of sp³-hybridized carbons (Fsp3) is 0.909. The van der Waals surface area contributed by atoms with Crippen LogP contribution >= 0.6 is 0 Å². The van der Waals surface area contributed by atoms with Gasteiger partial charge in [-0.1, -0.05) is 13.8 Å². The van der Waals surface area contributed by atoms with Gasteiger partial charge in [0.15, 0.2) is 6.29 Å². The maximum Gasteiger partial charge on any atom is 0.304 e. The highest BCUT2D eigenvalue weighted by Gasteiger charge is 2.24. The number of hydrogen-bond acceptors (Lipinski definition) is 4. The largest absolute Gasteiger partial charge is 0.436 e. The Hall–Kier alpha value is -0.610. The molecule has 0 amide bonds. The third-order valence-electron chi connectivity index (χ3n) is 2.10. The molecule has 1 rings (SSSR count). The van der Waals surface area contributed by atoms with E-state index < -0.39 is 6.29 Å². The second-order valence-corrected chi connectivity index (χ2v) is 4.26. The number of esters is 1. The Morgan fingerprint density at radius 3 is 2.67 bits per heavy atom. The van der Waals surface area contributed by atoms with Crippen LogP contribution in [0.5, 0.6) is 0 Å². The smallest absolute Gasteiger partial charge is 0.304 e. The second-order valence-electron chi connectivity index (χ2n) is 4.26. The first-order valence-electron chi connectivity index (χ1n) is 5.52. The molecule has 0 unspecified atom stereocenters. The third-order valence-corrected chi connectivity index (χ3v) is 2.10. The van der Waals surface area contributed by atoms with Crippen molar-refractivity contribution in [1.29, 1.82) is 0 Å². The highest BCUT2D eigenvalue weighted by atomic mass is 16.8. The maximum absolute atomic E-state index is 10.7. The minimum Gasteiger partial charge on any atom is -0.436 e. The molecule has 0 bridgehead atoms. The lowest BCUT2D eigenvalue weighted by atomic mass is 10.2. The zero-order valence-corrected chi connectivity index (χ0v) is 9.69. The Labute approximate surface area is 90.9 Å². The van der Waals surface area contributed by atoms with Crippen molar-refractivity contribution in [3.8, 4) is 0 Å². The summed E-state index contributed by atoms with van der Waals surface area (Å²) in [5.74, 6) is 0.187. The van der Waals surface area contributed by atoms with Gasteiger partial charge >= 0.3 is 5.97 Å². The van der Waals surface area contributed by atoms with Crippen molar-refractivity contribution in [1.82, 2.24) is 0 Å². The van der Waals surface area contributed by atoms with Crippen molar-refractivity contribution >= 4 is 5.97 Å². The number of rotatable bonds is 4. The molecule has 1 fully saturated rings. The summed E-state index contributed by atoms with van der Waals surface area (Å²) in [6, 6.07) is 0. The molecule has 0 radical (unpaired) electrons. The summed E-state index contributed by atoms with van der Waals surface area (Å²) in [5.41, 5.74) is 0. The van der Waals surface area contributed by atoms with Crippen molar-refractivity contribution in [2.75, 3.05) is 6.61 Å². The monoisotopic (exact) mass is 216 g/mol. The summed E-state index contributed by atoms with van der Waals surface area (Å²) >= 11 is 0. The van der Waals surface area contributed by atoms with Crippen molar-refractivity contribution in [3.05, 3.63) is 0 Å². The van der Waals surface area contributed by atoms with Crippen LogP contribution in [0.3, 0.4) is 0 Å². The molecule has 0 N–H and O–H groups in total. The Morgan fingerprint density at radius 2 is 2.07 bits per heavy atom. The summed E-state index contributed by atoms with van der Waals surface area (Å²) in [6.45, 7) is 6.25. The van der Waals surface area contributed by atoms with Crippen molar-refractivity contribution in [2.45, 2.75) is 52.6 Å². The van der Waals surface area contributed by atoms with Crippen LogP contribution in [0.15, 0.2) is 0 Å². The van der Waals surface area contributed by atoms with Crippen LogP contribution < -0.4 is 0 Å². The normalized spacial score (nSPS) is 26.7. The van der Waals surface area contributed by atoms with Crippen LogP contribution in [0, 0.1) is 5.92 Å². The molecule has 2 atom stereocenters. The van der Waals surface area contributed by atoms with Crippen LogP contribution in [-0.2, 0) is 19.0 Å². The first-order chi connectivity index (χ1) is 7.08. The van der Waals surface area contributed by atoms with E-state index in [0.29, 0.717) is 12.5 Å². The van der Waals surface area contributed by atoms with Gasteiger partial charge in [0, 0.05) is 13.3 Å². The minimum atomic E-state index is -0.423. The van der Waals surface area contributed by atoms with Crippen molar-refractivity contribution < 1.29 is 19.0 Å². The minimum absolute atomic E-state index is 0.217. The highest BCUT2D eigenvalue weighted by molar-refractivity contribution is 5.66. The van der Waals surface area contributed by atoms with Crippen LogP contribution in [-0.4, -0.2) is 25.2 Å². The summed E-state index contributed by atoms with van der Waals surface area (Å²) < 4.78 is 16.0. The van der Waals surface area contributed by atoms with Crippen molar-refractivity contribution in [3.63, 3.8) is 0 Å². The van der Waals surface area contributed by atoms with Gasteiger partial charge in [0.2, 0.25) is 6.29 Å². The van der Waals surface area contributed by atoms with Crippen molar-refractivity contribution in [2.24, 2.45) is 5.92 Å². The van der Waals surface area contributed by atoms with Gasteiger partial charge < -0.3 is 14.2 Å². The first-order valence-corrected chi connectivity index (χ1v) is 5.52. The van der Waals surface area contributed by atoms with Gasteiger partial charge in [-0.05, 0) is 18.8 Å². The molecule has 88 valence electrons. The molecule has 1 saturated heterocycles. The molecule has 0 aliphatic carbocycles. The average Bonchev–Trinajstić information content (AvgIpc) is 2.14. The second kappa shape index (κ2) is 6.08. The summed E-state index contributed by atoms with van der Waals surface area (Å²) in [7, 11) is 0. The highest BCUT2D eigenvalue weighted by Crippen LogP contribution is 2.21. The molecule has 1 heterocycles. The standard InChI is InChI=1S/C11H20O4/c1-8(2)7-13-10-5-4-6-11(15-10)14-9(3)12/h8,10-11H,4-7H2,1-3H3/t10-,11-/m0/s1. The molecule has 15 heavy (non-hydrogen) atoms. The van der Waals surface area contributed by atoms with E-state index >= 15 is 0 Å². The van der Waals surface area contributed by atoms with Gasteiger partial charge in [0.25, 0.3) is 0 Å². The fourth-order valence-electron chi connectivity index (χ4n) is 1.45. The lowest BCUT2D eigenvalue weighted by Gasteiger charge is -2.29. The molecular weight excluding hydrogens is 196 g/mol. The number of hydrogen-bond donors (Lipinski definition) is 0. The van der Waals surface area contributed by atoms with Crippen LogP contribution in [0.2, 0.25) is 0 Å². The molecule has 1 aliphatic heterocycles. The lowest BCUT2D eigenvalue weighted by Crippen LogP contribution is -2.33. The van der Waals surface area contributed by atoms with Crippen LogP contribution in [0.25, 0.3) is 0 Å². The fourth-order valence-corrected chi connectivity index (χ4v) is 1.45. The van der Waals surface area contributed by atoms with Gasteiger partial charge in [-0.2, -0.15) is 0 Å². The van der Waals surface area contributed by atoms with E-state index in [2.05, 4.69) is 13.8 Å². The number of carbonyl (C=O) groups is 1. The van der Waals surface area contributed by atoms with E-state index in [4.69, 9.17) is 14.2 Å². The van der Waals surface area contributed by atoms with E-state index in [1.54, 1.807) is 0 Å². The molecule has 1 aliphatic rings. The lowest BCUT2D eigenvalue weighted by molar-refractivity contribution is -0.261. The van der Waals surface area contributed by atoms with Gasteiger partial charge in [0.1, 0.15) is 0 Å². The molecule has 4 heteroatoms. The van der Waals surface area contributed by atoms with E-state index in [0.717, 1.165) is 19.3 Å². The Kier molecular flexibility index (Phi) is 5.05. The quantitative estimate of drug-likeness (QED) is 0.675. The zero-order valence-electron chi connectivity index (χ0n) is 9.69. The molecule has 0 aromatic carbocycles. The van der Waals surface area contributed by atoms with E-state index in [1.807, 2.05) is 0 Å². The maximum atomic E-state index is 10.7. The SMILES string of the molecule is CC(=O)O[C@@H]1CCC[C@@H](OCC(C)C)O1. The predicted molar refractivity (Wildman–Crippen MR) is 55.1 cm³/mol. The molecule has 0 aromatic heterocycles. The van der Waals surface area contributed by atoms with Gasteiger partial charge in [-0.15, -0.1) is 0 Å². The van der Waals surface area contributed by atoms with E-state index in [1.165, 1.54) is 6.92 Å². The van der Waals surface area contributed by atoms with E-state index in [-0.39, 0.29) is 12.3 Å². The molecule has 0 saturated carbocycles. The Morgan fingerprint density at radius 1 is 1.40 bits per heavy atom. The van der Waals surface area contributed by atoms with E-state index in [9.17, 15) is 4.79 Å². The zero-order chi connectivity index (χ0) is 11.3. The topological polar surface area (TPSA) is 44.8 Å². The summed E-state index contributed by atoms with van der Waals surface area (Å²) in [5, 5.41) is 0. The first kappa shape index (κ1) is 12.5. The average molecular weight is 216 g/mol. The predicted octanol–water partition coefficient (Wildman–Crippen LogP) is 2.07. The molecular formula is C11H20O4. The number of carbonyl (C=O) groups excluding carboxylic acids is 1. The van der Waals surface area contributed by atoms with Gasteiger partial charge in [-0.25, -0.2) is 0 Å². The van der Waals surface area contributed by atoms with Gasteiger partial charge in [0.05, 0.1) is 6.61 Å². The third kappa shape index (κ3) is 5.14. The summed E-state index contributed by atoms with van der Waals surface area (Å²) in [6.07, 6.45) is 1.98. The van der Waals surface area contributed by atoms with Gasteiger partial charge in [-0.3, -0.25) is 4.79 Å². The Bertz CT molecular complexity index is 203. The molecule has 0 spiro atoms. The molecule has 0 aromatic rings. The van der Waals surface area contributed by atoms with Crippen LogP contribution in [0.4, 0.5) is 0 Å². The number of ether oxygens (including phenoxy) is 3. The summed E-state index contributed by atoms with van der Waals surface area (Å²) in [4.78, 5) is 10.7.